The van der Waals surface area contributed by atoms with Crippen molar-refractivity contribution < 1.29 is 14.3 Å². The molecule has 0 bridgehead atoms. The standard InChI is InChI=1S/C21H24N2O3/c1-15-7-6-10-20(17(15)3)26-12-11-23-19-9-5-4-8-18(19)22(14-24)13-16(2)21(23)25/h4-10,14,16H,11-13H2,1-3H3. The van der Waals surface area contributed by atoms with Crippen molar-refractivity contribution in [1.29, 1.82) is 0 Å². The molecular formula is C21H24N2O3. The lowest BCUT2D eigenvalue weighted by Crippen LogP contribution is -2.38. The van der Waals surface area contributed by atoms with Crippen LogP contribution >= 0.6 is 0 Å². The van der Waals surface area contributed by atoms with Gasteiger partial charge in [-0.1, -0.05) is 31.2 Å². The van der Waals surface area contributed by atoms with Gasteiger partial charge in [-0.3, -0.25) is 9.59 Å². The van der Waals surface area contributed by atoms with E-state index in [0.717, 1.165) is 29.1 Å². The predicted molar refractivity (Wildman–Crippen MR) is 103 cm³/mol. The highest BCUT2D eigenvalue weighted by molar-refractivity contribution is 6.02. The second-order valence-electron chi connectivity index (χ2n) is 6.68. The Hall–Kier alpha value is -2.82. The molecule has 1 heterocycles. The first-order chi connectivity index (χ1) is 12.5. The van der Waals surface area contributed by atoms with Gasteiger partial charge in [-0.25, -0.2) is 0 Å². The summed E-state index contributed by atoms with van der Waals surface area (Å²) in [7, 11) is 0. The molecule has 1 aliphatic rings. The van der Waals surface area contributed by atoms with Crippen LogP contribution in [0.3, 0.4) is 0 Å². The number of hydrogen-bond acceptors (Lipinski definition) is 3. The highest BCUT2D eigenvalue weighted by atomic mass is 16.5. The molecule has 136 valence electrons. The third-order valence-corrected chi connectivity index (χ3v) is 4.89. The number of hydrogen-bond donors (Lipinski definition) is 0. The number of nitrogens with zero attached hydrogens (tertiary/aromatic N) is 2. The summed E-state index contributed by atoms with van der Waals surface area (Å²) in [5, 5.41) is 0. The lowest BCUT2D eigenvalue weighted by molar-refractivity contribution is -0.121. The van der Waals surface area contributed by atoms with Crippen LogP contribution in [0.4, 0.5) is 11.4 Å². The van der Waals surface area contributed by atoms with Crippen LogP contribution in [0.2, 0.25) is 0 Å². The molecule has 2 aromatic carbocycles. The van der Waals surface area contributed by atoms with Gasteiger partial charge in [-0.15, -0.1) is 0 Å². The Bertz CT molecular complexity index is 819. The highest BCUT2D eigenvalue weighted by Gasteiger charge is 2.30. The first kappa shape index (κ1) is 18.0. The van der Waals surface area contributed by atoms with Crippen LogP contribution in [0.1, 0.15) is 18.1 Å². The number of anilines is 2. The van der Waals surface area contributed by atoms with Gasteiger partial charge in [-0.05, 0) is 43.2 Å². The maximum absolute atomic E-state index is 12.9. The first-order valence-electron chi connectivity index (χ1n) is 8.84. The zero-order valence-electron chi connectivity index (χ0n) is 15.4. The Kier molecular flexibility index (Phi) is 5.26. The minimum absolute atomic E-state index is 0.00589. The molecule has 2 amide bonds. The summed E-state index contributed by atoms with van der Waals surface area (Å²) in [6.45, 7) is 7.13. The van der Waals surface area contributed by atoms with Crippen LogP contribution in [0.15, 0.2) is 42.5 Å². The zero-order valence-corrected chi connectivity index (χ0v) is 15.4. The van der Waals surface area contributed by atoms with Crippen molar-refractivity contribution in [3.05, 3.63) is 53.6 Å². The minimum atomic E-state index is -0.270. The number of carbonyl (C=O) groups is 2. The maximum Gasteiger partial charge on any atom is 0.231 e. The third-order valence-electron chi connectivity index (χ3n) is 4.89. The van der Waals surface area contributed by atoms with Crippen LogP contribution < -0.4 is 14.5 Å². The van der Waals surface area contributed by atoms with Crippen LogP contribution in [0.5, 0.6) is 5.75 Å². The number of para-hydroxylation sites is 2. The van der Waals surface area contributed by atoms with E-state index in [0.29, 0.717) is 19.7 Å². The van der Waals surface area contributed by atoms with Gasteiger partial charge in [0.25, 0.3) is 0 Å². The van der Waals surface area contributed by atoms with Gasteiger partial charge in [0.05, 0.1) is 23.8 Å². The number of ether oxygens (including phenoxy) is 1. The number of carbonyl (C=O) groups excluding carboxylic acids is 2. The molecule has 0 saturated heterocycles. The summed E-state index contributed by atoms with van der Waals surface area (Å²) in [6.07, 6.45) is 0.790. The molecule has 2 aromatic rings. The van der Waals surface area contributed by atoms with Crippen molar-refractivity contribution in [1.82, 2.24) is 0 Å². The molecule has 1 unspecified atom stereocenters. The first-order valence-corrected chi connectivity index (χ1v) is 8.84. The summed E-state index contributed by atoms with van der Waals surface area (Å²) in [5.74, 6) is 0.572. The lowest BCUT2D eigenvalue weighted by Gasteiger charge is -2.24. The molecule has 26 heavy (non-hydrogen) atoms. The van der Waals surface area contributed by atoms with Crippen LogP contribution in [-0.4, -0.2) is 32.0 Å². The van der Waals surface area contributed by atoms with E-state index in [9.17, 15) is 9.59 Å². The quantitative estimate of drug-likeness (QED) is 0.776. The second kappa shape index (κ2) is 7.60. The molecule has 1 atom stereocenters. The molecule has 5 heteroatoms. The SMILES string of the molecule is Cc1cccc(OCCN2C(=O)C(C)CN(C=O)c3ccccc32)c1C. The largest absolute Gasteiger partial charge is 0.491 e. The van der Waals surface area contributed by atoms with E-state index >= 15 is 0 Å². The second-order valence-corrected chi connectivity index (χ2v) is 6.68. The fraction of sp³-hybridized carbons (Fsp3) is 0.333. The summed E-state index contributed by atoms with van der Waals surface area (Å²) in [5.41, 5.74) is 3.79. The molecule has 0 aromatic heterocycles. The molecule has 0 radical (unpaired) electrons. The molecule has 0 saturated carbocycles. The molecule has 3 rings (SSSR count). The Morgan fingerprint density at radius 3 is 2.58 bits per heavy atom. The molecule has 1 aliphatic heterocycles. The smallest absolute Gasteiger partial charge is 0.231 e. The van der Waals surface area contributed by atoms with Crippen LogP contribution in [-0.2, 0) is 9.59 Å². The molecule has 0 aliphatic carbocycles. The van der Waals surface area contributed by atoms with Gasteiger partial charge >= 0.3 is 0 Å². The van der Waals surface area contributed by atoms with Crippen molar-refractivity contribution in [3.8, 4) is 5.75 Å². The van der Waals surface area contributed by atoms with Crippen LogP contribution in [0.25, 0.3) is 0 Å². The Morgan fingerprint density at radius 2 is 1.85 bits per heavy atom. The molecular weight excluding hydrogens is 328 g/mol. The zero-order chi connectivity index (χ0) is 18.7. The minimum Gasteiger partial charge on any atom is -0.491 e. The number of rotatable bonds is 5. The third kappa shape index (κ3) is 3.43. The average molecular weight is 352 g/mol. The van der Waals surface area contributed by atoms with Crippen molar-refractivity contribution in [2.75, 3.05) is 29.5 Å². The van der Waals surface area contributed by atoms with E-state index < -0.39 is 0 Å². The van der Waals surface area contributed by atoms with Gasteiger partial charge in [0.2, 0.25) is 12.3 Å². The Labute approximate surface area is 154 Å². The van der Waals surface area contributed by atoms with E-state index in [1.807, 2.05) is 63.2 Å². The van der Waals surface area contributed by atoms with Crippen molar-refractivity contribution in [2.24, 2.45) is 5.92 Å². The maximum atomic E-state index is 12.9. The van der Waals surface area contributed by atoms with Crippen molar-refractivity contribution in [2.45, 2.75) is 20.8 Å². The summed E-state index contributed by atoms with van der Waals surface area (Å²) in [6, 6.07) is 13.5. The fourth-order valence-corrected chi connectivity index (χ4v) is 3.25. The Morgan fingerprint density at radius 1 is 1.12 bits per heavy atom. The van der Waals surface area contributed by atoms with Crippen molar-refractivity contribution >= 4 is 23.7 Å². The molecule has 0 fully saturated rings. The fourth-order valence-electron chi connectivity index (χ4n) is 3.25. The number of aryl methyl sites for hydroxylation is 1. The van der Waals surface area contributed by atoms with E-state index in [1.165, 1.54) is 5.56 Å². The normalized spacial score (nSPS) is 16.9. The summed E-state index contributed by atoms with van der Waals surface area (Å²) >= 11 is 0. The molecule has 0 N–H and O–H groups in total. The Balaban J connectivity index is 1.82. The number of benzene rings is 2. The monoisotopic (exact) mass is 352 g/mol. The lowest BCUT2D eigenvalue weighted by atomic mass is 10.1. The van der Waals surface area contributed by atoms with E-state index in [2.05, 4.69) is 0 Å². The molecule has 5 nitrogen and oxygen atoms in total. The van der Waals surface area contributed by atoms with E-state index in [1.54, 1.807) is 9.80 Å². The number of fused-ring (bicyclic) bond motifs is 1. The number of amides is 2. The van der Waals surface area contributed by atoms with Gasteiger partial charge in [0.15, 0.2) is 0 Å². The van der Waals surface area contributed by atoms with E-state index in [-0.39, 0.29) is 11.8 Å². The summed E-state index contributed by atoms with van der Waals surface area (Å²) in [4.78, 5) is 27.7. The highest BCUT2D eigenvalue weighted by Crippen LogP contribution is 2.33. The van der Waals surface area contributed by atoms with Gasteiger partial charge in [0.1, 0.15) is 12.4 Å². The van der Waals surface area contributed by atoms with E-state index in [4.69, 9.17) is 4.74 Å². The van der Waals surface area contributed by atoms with Crippen LogP contribution in [0, 0.1) is 19.8 Å². The van der Waals surface area contributed by atoms with Gasteiger partial charge in [-0.2, -0.15) is 0 Å². The van der Waals surface area contributed by atoms with Crippen molar-refractivity contribution in [3.63, 3.8) is 0 Å². The average Bonchev–Trinajstić information content (AvgIpc) is 2.75. The topological polar surface area (TPSA) is 49.9 Å². The van der Waals surface area contributed by atoms with Gasteiger partial charge < -0.3 is 14.5 Å². The summed E-state index contributed by atoms with van der Waals surface area (Å²) < 4.78 is 5.94. The predicted octanol–water partition coefficient (Wildman–Crippen LogP) is 3.33. The van der Waals surface area contributed by atoms with Gasteiger partial charge in [0, 0.05) is 6.54 Å². The molecule has 0 spiro atoms.